The fourth-order valence-electron chi connectivity index (χ4n) is 2.72. The van der Waals surface area contributed by atoms with Gasteiger partial charge in [-0.1, -0.05) is 0 Å². The van der Waals surface area contributed by atoms with Gasteiger partial charge in [-0.25, -0.2) is 19.3 Å². The van der Waals surface area contributed by atoms with Gasteiger partial charge in [-0.2, -0.15) is 0 Å². The van der Waals surface area contributed by atoms with Crippen LogP contribution in [0.1, 0.15) is 88.0 Å². The van der Waals surface area contributed by atoms with Crippen LogP contribution in [-0.2, 0) is 14.2 Å². The topological polar surface area (TPSA) is 118 Å². The van der Waals surface area contributed by atoms with Gasteiger partial charge in [-0.05, 0) is 114 Å². The summed E-state index contributed by atoms with van der Waals surface area (Å²) in [4.78, 5) is 37.5. The number of carbonyl (C=O) groups excluding carboxylic acids is 3. The van der Waals surface area contributed by atoms with Crippen LogP contribution in [0, 0.1) is 0 Å². The molecule has 0 aromatic rings. The molecular formula is C25H50N4O6. The lowest BCUT2D eigenvalue weighted by Crippen LogP contribution is -2.44. The first-order valence-electron chi connectivity index (χ1n) is 12.6. The Morgan fingerprint density at radius 2 is 0.971 bits per heavy atom. The lowest BCUT2D eigenvalue weighted by Gasteiger charge is -2.28. The second kappa shape index (κ2) is 15.8. The van der Waals surface area contributed by atoms with E-state index in [1.165, 1.54) is 0 Å². The van der Waals surface area contributed by atoms with Crippen molar-refractivity contribution in [3.63, 3.8) is 0 Å². The number of ether oxygens (including phenoxy) is 3. The molecule has 0 aliphatic carbocycles. The van der Waals surface area contributed by atoms with Gasteiger partial charge < -0.3 is 30.2 Å². The minimum Gasteiger partial charge on any atom is -0.444 e. The Morgan fingerprint density at radius 3 is 1.40 bits per heavy atom. The highest BCUT2D eigenvalue weighted by molar-refractivity contribution is 5.88. The second-order valence-electron chi connectivity index (χ2n) is 11.5. The van der Waals surface area contributed by atoms with Crippen molar-refractivity contribution in [1.29, 1.82) is 0 Å². The number of nitrogens with one attached hydrogen (secondary N) is 3. The van der Waals surface area contributed by atoms with Crippen molar-refractivity contribution in [3.05, 3.63) is 0 Å². The predicted octanol–water partition coefficient (Wildman–Crippen LogP) is 4.42. The van der Waals surface area contributed by atoms with E-state index in [0.29, 0.717) is 19.5 Å². The molecule has 0 rings (SSSR count). The Kier molecular flexibility index (Phi) is 14.9. The van der Waals surface area contributed by atoms with Crippen LogP contribution in [0.3, 0.4) is 0 Å². The van der Waals surface area contributed by atoms with Gasteiger partial charge in [0.15, 0.2) is 0 Å². The van der Waals surface area contributed by atoms with Crippen LogP contribution in [0.25, 0.3) is 0 Å². The standard InChI is InChI=1S/C25H50N4O6/c1-23(2,3)33-20(30)28-18-12-16-26-14-10-11-15-27-17-13-19-29(21(31)34-24(4,5)6)22(32)35-25(7,8)9/h26-27H,10-19H2,1-9H3,(H,28,30). The average Bonchev–Trinajstić information content (AvgIpc) is 2.63. The van der Waals surface area contributed by atoms with Gasteiger partial charge >= 0.3 is 18.3 Å². The fourth-order valence-corrected chi connectivity index (χ4v) is 2.72. The Labute approximate surface area is 212 Å². The summed E-state index contributed by atoms with van der Waals surface area (Å²) >= 11 is 0. The Balaban J connectivity index is 3.97. The van der Waals surface area contributed by atoms with E-state index < -0.39 is 29.0 Å². The molecule has 10 heteroatoms. The van der Waals surface area contributed by atoms with Gasteiger partial charge in [0.1, 0.15) is 16.8 Å². The molecule has 0 aliphatic heterocycles. The molecule has 0 aromatic carbocycles. The zero-order valence-corrected chi connectivity index (χ0v) is 23.5. The van der Waals surface area contributed by atoms with Crippen LogP contribution in [0.2, 0.25) is 0 Å². The molecule has 3 amide bonds. The average molecular weight is 503 g/mol. The second-order valence-corrected chi connectivity index (χ2v) is 11.5. The highest BCUT2D eigenvalue weighted by atomic mass is 16.6. The van der Waals surface area contributed by atoms with Crippen molar-refractivity contribution in [3.8, 4) is 0 Å². The predicted molar refractivity (Wildman–Crippen MR) is 138 cm³/mol. The Bertz CT molecular complexity index is 607. The van der Waals surface area contributed by atoms with Crippen molar-refractivity contribution >= 4 is 18.3 Å². The maximum Gasteiger partial charge on any atom is 0.419 e. The van der Waals surface area contributed by atoms with E-state index in [0.717, 1.165) is 43.8 Å². The number of rotatable bonds is 13. The third-order valence-corrected chi connectivity index (χ3v) is 4.12. The van der Waals surface area contributed by atoms with Crippen molar-refractivity contribution in [2.75, 3.05) is 39.3 Å². The van der Waals surface area contributed by atoms with Gasteiger partial charge in [-0.15, -0.1) is 0 Å². The van der Waals surface area contributed by atoms with Gasteiger partial charge in [0.2, 0.25) is 0 Å². The number of nitrogens with zero attached hydrogens (tertiary/aromatic N) is 1. The van der Waals surface area contributed by atoms with Crippen LogP contribution < -0.4 is 16.0 Å². The summed E-state index contributed by atoms with van der Waals surface area (Å²) in [7, 11) is 0. The summed E-state index contributed by atoms with van der Waals surface area (Å²) in [6, 6.07) is 0. The molecule has 0 radical (unpaired) electrons. The number of amides is 3. The number of hydrogen-bond acceptors (Lipinski definition) is 8. The smallest absolute Gasteiger partial charge is 0.419 e. The first-order valence-corrected chi connectivity index (χ1v) is 12.6. The quantitative estimate of drug-likeness (QED) is 0.250. The number of hydrogen-bond donors (Lipinski definition) is 3. The maximum atomic E-state index is 12.5. The van der Waals surface area contributed by atoms with Gasteiger partial charge in [0.25, 0.3) is 0 Å². The van der Waals surface area contributed by atoms with Gasteiger partial charge in [-0.3, -0.25) is 0 Å². The molecule has 10 nitrogen and oxygen atoms in total. The van der Waals surface area contributed by atoms with Crippen molar-refractivity contribution in [2.45, 2.75) is 105 Å². The van der Waals surface area contributed by atoms with Crippen molar-refractivity contribution in [1.82, 2.24) is 20.9 Å². The fraction of sp³-hybridized carbons (Fsp3) is 0.880. The van der Waals surface area contributed by atoms with Crippen LogP contribution in [0.15, 0.2) is 0 Å². The minimum absolute atomic E-state index is 0.218. The monoisotopic (exact) mass is 502 g/mol. The summed E-state index contributed by atoms with van der Waals surface area (Å²) in [5, 5.41) is 9.44. The number of alkyl carbamates (subject to hydrolysis) is 1. The van der Waals surface area contributed by atoms with Crippen molar-refractivity contribution < 1.29 is 28.6 Å². The highest BCUT2D eigenvalue weighted by Crippen LogP contribution is 2.14. The Morgan fingerprint density at radius 1 is 0.571 bits per heavy atom. The van der Waals surface area contributed by atoms with Crippen LogP contribution >= 0.6 is 0 Å². The van der Waals surface area contributed by atoms with Gasteiger partial charge in [0.05, 0.1) is 0 Å². The third kappa shape index (κ3) is 21.0. The summed E-state index contributed by atoms with van der Waals surface area (Å²) in [6.45, 7) is 20.1. The van der Waals surface area contributed by atoms with E-state index in [9.17, 15) is 14.4 Å². The van der Waals surface area contributed by atoms with E-state index in [4.69, 9.17) is 14.2 Å². The molecule has 0 spiro atoms. The van der Waals surface area contributed by atoms with E-state index >= 15 is 0 Å². The molecule has 0 fully saturated rings. The zero-order chi connectivity index (χ0) is 27.1. The first kappa shape index (κ1) is 32.9. The third-order valence-electron chi connectivity index (χ3n) is 4.12. The molecular weight excluding hydrogens is 452 g/mol. The molecule has 3 N–H and O–H groups in total. The van der Waals surface area contributed by atoms with E-state index in [-0.39, 0.29) is 12.6 Å². The van der Waals surface area contributed by atoms with Crippen LogP contribution in [-0.4, -0.2) is 79.3 Å². The van der Waals surface area contributed by atoms with E-state index in [2.05, 4.69) is 16.0 Å². The molecule has 0 atom stereocenters. The normalized spacial score (nSPS) is 12.1. The molecule has 0 aliphatic rings. The van der Waals surface area contributed by atoms with E-state index in [1.807, 2.05) is 20.8 Å². The number of unbranched alkanes of at least 4 members (excludes halogenated alkanes) is 1. The molecule has 35 heavy (non-hydrogen) atoms. The first-order chi connectivity index (χ1) is 16.0. The molecule has 0 aromatic heterocycles. The largest absolute Gasteiger partial charge is 0.444 e. The molecule has 206 valence electrons. The SMILES string of the molecule is CC(C)(C)OC(=O)NCCCNCCCCNCCCN(C(=O)OC(C)(C)C)C(=O)OC(C)(C)C. The summed E-state index contributed by atoms with van der Waals surface area (Å²) in [6.07, 6.45) is 1.69. The zero-order valence-electron chi connectivity index (χ0n) is 23.5. The van der Waals surface area contributed by atoms with E-state index in [1.54, 1.807) is 41.5 Å². The van der Waals surface area contributed by atoms with Gasteiger partial charge in [0, 0.05) is 13.1 Å². The molecule has 0 bridgehead atoms. The highest BCUT2D eigenvalue weighted by Gasteiger charge is 2.30. The van der Waals surface area contributed by atoms with Crippen LogP contribution in [0.4, 0.5) is 14.4 Å². The number of imide groups is 1. The minimum atomic E-state index is -0.696. The number of carbonyl (C=O) groups is 3. The molecule has 0 heterocycles. The Hall–Kier alpha value is -2.07. The summed E-state index contributed by atoms with van der Waals surface area (Å²) < 4.78 is 15.9. The summed E-state index contributed by atoms with van der Waals surface area (Å²) in [5.74, 6) is 0. The molecule has 0 unspecified atom stereocenters. The molecule has 0 saturated heterocycles. The maximum absolute atomic E-state index is 12.5. The van der Waals surface area contributed by atoms with Crippen molar-refractivity contribution in [2.24, 2.45) is 0 Å². The summed E-state index contributed by atoms with van der Waals surface area (Å²) in [5.41, 5.74) is -1.87. The lowest BCUT2D eigenvalue weighted by molar-refractivity contribution is 0.00127. The van der Waals surface area contributed by atoms with Crippen LogP contribution in [0.5, 0.6) is 0 Å². The lowest BCUT2D eigenvalue weighted by atomic mass is 10.2. The molecule has 0 saturated carbocycles.